The standard InChI is InChI=1S/C40H52N2O2P2/c1-27(2)39(28(3)4)41(45-37-23-15-11-19-33(37)31-17-9-13-21-35(31)43-45)25-26-42(40(29(5)6)30(7)8)46-38-24-16-12-20-34(38)32-18-10-14-22-36(32)44-46/h9-16,19-24,27-30,39-40H,17-18,25-26H2,1-8H3/q+2. The quantitative estimate of drug-likeness (QED) is 0.226. The van der Waals surface area contributed by atoms with Crippen LogP contribution < -0.4 is 10.4 Å². The Hall–Kier alpha value is -2.74. The third-order valence-electron chi connectivity index (χ3n) is 9.69. The lowest BCUT2D eigenvalue weighted by Crippen LogP contribution is -2.46. The molecule has 2 aliphatic heterocycles. The fraction of sp³-hybridized carbons (Fsp3) is 0.450. The predicted octanol–water partition coefficient (Wildman–Crippen LogP) is 9.53. The molecule has 46 heavy (non-hydrogen) atoms. The Labute approximate surface area is 278 Å². The van der Waals surface area contributed by atoms with Crippen molar-refractivity contribution in [1.29, 1.82) is 0 Å². The predicted molar refractivity (Wildman–Crippen MR) is 197 cm³/mol. The first-order chi connectivity index (χ1) is 22.2. The van der Waals surface area contributed by atoms with E-state index in [1.165, 1.54) is 31.5 Å². The van der Waals surface area contributed by atoms with Crippen molar-refractivity contribution < 1.29 is 9.05 Å². The second-order valence-corrected chi connectivity index (χ2v) is 17.8. The van der Waals surface area contributed by atoms with Crippen LogP contribution in [0.4, 0.5) is 0 Å². The molecule has 2 aliphatic carbocycles. The fourth-order valence-corrected chi connectivity index (χ4v) is 13.1. The van der Waals surface area contributed by atoms with Gasteiger partial charge in [0.15, 0.2) is 11.5 Å². The Morgan fingerprint density at radius 3 is 1.30 bits per heavy atom. The summed E-state index contributed by atoms with van der Waals surface area (Å²) in [5, 5.41) is 2.72. The van der Waals surface area contributed by atoms with Crippen molar-refractivity contribution >= 4 is 27.0 Å². The highest BCUT2D eigenvalue weighted by Gasteiger charge is 2.45. The Morgan fingerprint density at radius 2 is 0.935 bits per heavy atom. The molecule has 2 atom stereocenters. The molecule has 2 aromatic rings. The van der Waals surface area contributed by atoms with E-state index in [0.29, 0.717) is 35.8 Å². The summed E-state index contributed by atoms with van der Waals surface area (Å²) in [7, 11) is -2.07. The lowest BCUT2D eigenvalue weighted by Gasteiger charge is -2.35. The third-order valence-corrected chi connectivity index (χ3v) is 13.9. The molecule has 0 saturated heterocycles. The van der Waals surface area contributed by atoms with Gasteiger partial charge in [-0.05, 0) is 72.9 Å². The van der Waals surface area contributed by atoms with E-state index in [1.807, 2.05) is 0 Å². The second-order valence-electron chi connectivity index (χ2n) is 14.3. The van der Waals surface area contributed by atoms with Crippen LogP contribution in [0, 0.1) is 33.5 Å². The topological polar surface area (TPSA) is 24.9 Å². The van der Waals surface area contributed by atoms with E-state index >= 15 is 0 Å². The van der Waals surface area contributed by atoms with Crippen LogP contribution in [0.1, 0.15) is 68.2 Å². The van der Waals surface area contributed by atoms with Crippen LogP contribution in [0.25, 0.3) is 11.1 Å². The number of hydrogen-bond donors (Lipinski definition) is 0. The van der Waals surface area contributed by atoms with Crippen LogP contribution in [0.15, 0.2) is 96.5 Å². The van der Waals surface area contributed by atoms with Gasteiger partial charge in [0.05, 0.1) is 25.2 Å². The zero-order chi connectivity index (χ0) is 32.5. The lowest BCUT2D eigenvalue weighted by atomic mass is 9.92. The van der Waals surface area contributed by atoms with Crippen molar-refractivity contribution in [3.05, 3.63) is 117 Å². The van der Waals surface area contributed by atoms with Crippen molar-refractivity contribution in [1.82, 2.24) is 9.34 Å². The van der Waals surface area contributed by atoms with Crippen LogP contribution in [-0.2, 0) is 9.05 Å². The van der Waals surface area contributed by atoms with Crippen LogP contribution in [0.5, 0.6) is 0 Å². The molecular formula is C40H52N2O2P2+2. The summed E-state index contributed by atoms with van der Waals surface area (Å²) >= 11 is 0. The SMILES string of the molecule is CC(C)C(C(C)C)N(CCN(C(C(C)C)C(C)C)[P+]1=c2ccccc2=C2CC=CC=C2O1)[P+]1=c2ccccc2=C2CC=CC=C2O1. The summed E-state index contributed by atoms with van der Waals surface area (Å²) in [5.74, 6) is 4.04. The number of benzene rings is 2. The van der Waals surface area contributed by atoms with Gasteiger partial charge < -0.3 is 0 Å². The van der Waals surface area contributed by atoms with Gasteiger partial charge in [0.1, 0.15) is 0 Å². The van der Waals surface area contributed by atoms with Gasteiger partial charge in [-0.3, -0.25) is 9.05 Å². The van der Waals surface area contributed by atoms with E-state index < -0.39 is 15.8 Å². The first kappa shape index (κ1) is 33.2. The maximum Gasteiger partial charge on any atom is 0.412 e. The molecule has 0 bridgehead atoms. The molecule has 2 heterocycles. The van der Waals surface area contributed by atoms with E-state index in [9.17, 15) is 0 Å². The molecule has 242 valence electrons. The molecule has 4 nitrogen and oxygen atoms in total. The Balaban J connectivity index is 1.52. The van der Waals surface area contributed by atoms with Gasteiger partial charge in [0.25, 0.3) is 0 Å². The molecule has 2 unspecified atom stereocenters. The molecular weight excluding hydrogens is 602 g/mol. The largest absolute Gasteiger partial charge is 0.412 e. The van der Waals surface area contributed by atoms with Crippen molar-refractivity contribution in [2.45, 2.75) is 80.3 Å². The van der Waals surface area contributed by atoms with E-state index in [2.05, 4.69) is 150 Å². The normalized spacial score (nSPS) is 18.8. The minimum Gasteiger partial charge on any atom is -0.269 e. The van der Waals surface area contributed by atoms with Crippen LogP contribution >= 0.6 is 15.8 Å². The van der Waals surface area contributed by atoms with E-state index in [4.69, 9.17) is 9.05 Å². The molecule has 2 aromatic carbocycles. The molecule has 6 rings (SSSR count). The van der Waals surface area contributed by atoms with Gasteiger partial charge in [0.2, 0.25) is 9.88 Å². The van der Waals surface area contributed by atoms with Gasteiger partial charge >= 0.3 is 15.8 Å². The number of nitrogens with zero attached hydrogens (tertiary/aromatic N) is 2. The van der Waals surface area contributed by atoms with E-state index in [0.717, 1.165) is 37.4 Å². The average Bonchev–Trinajstić information content (AvgIpc) is 3.04. The number of allylic oxidation sites excluding steroid dienone is 8. The van der Waals surface area contributed by atoms with Gasteiger partial charge in [-0.2, -0.15) is 0 Å². The summed E-state index contributed by atoms with van der Waals surface area (Å²) in [6.45, 7) is 20.9. The molecule has 0 saturated carbocycles. The van der Waals surface area contributed by atoms with Crippen molar-refractivity contribution in [2.75, 3.05) is 13.1 Å². The van der Waals surface area contributed by atoms with Crippen LogP contribution in [-0.4, -0.2) is 34.5 Å². The van der Waals surface area contributed by atoms with E-state index in [1.54, 1.807) is 0 Å². The highest BCUT2D eigenvalue weighted by atomic mass is 31.1. The zero-order valence-corrected chi connectivity index (χ0v) is 30.8. The third kappa shape index (κ3) is 6.40. The van der Waals surface area contributed by atoms with E-state index in [-0.39, 0.29) is 0 Å². The summed E-state index contributed by atoms with van der Waals surface area (Å²) in [5.41, 5.74) is 2.64. The molecule has 0 N–H and O–H groups in total. The molecule has 0 spiro atoms. The van der Waals surface area contributed by atoms with Gasteiger partial charge in [0, 0.05) is 21.6 Å². The van der Waals surface area contributed by atoms with Gasteiger partial charge in [-0.1, -0.05) is 113 Å². The summed E-state index contributed by atoms with van der Waals surface area (Å²) in [4.78, 5) is 2.70. The fourth-order valence-electron chi connectivity index (χ4n) is 8.04. The zero-order valence-electron chi connectivity index (χ0n) is 29.0. The van der Waals surface area contributed by atoms with Crippen molar-refractivity contribution in [3.8, 4) is 0 Å². The highest BCUT2D eigenvalue weighted by Crippen LogP contribution is 2.48. The monoisotopic (exact) mass is 654 g/mol. The molecule has 0 amide bonds. The van der Waals surface area contributed by atoms with Gasteiger partial charge in [-0.25, -0.2) is 0 Å². The highest BCUT2D eigenvalue weighted by molar-refractivity contribution is 7.42. The van der Waals surface area contributed by atoms with Crippen LogP contribution in [0.3, 0.4) is 0 Å². The first-order valence-electron chi connectivity index (χ1n) is 17.3. The number of rotatable bonds is 11. The second kappa shape index (κ2) is 14.2. The minimum absolute atomic E-state index is 0.373. The van der Waals surface area contributed by atoms with Crippen molar-refractivity contribution in [3.63, 3.8) is 0 Å². The number of fused-ring (bicyclic) bond motifs is 4. The summed E-state index contributed by atoms with van der Waals surface area (Å²) in [6, 6.07) is 18.8. The first-order valence-corrected chi connectivity index (χ1v) is 19.7. The van der Waals surface area contributed by atoms with Gasteiger partial charge in [-0.15, -0.1) is 0 Å². The molecule has 0 aromatic heterocycles. The smallest absolute Gasteiger partial charge is 0.269 e. The van der Waals surface area contributed by atoms with Crippen LogP contribution in [0.2, 0.25) is 0 Å². The molecule has 4 aliphatic rings. The minimum atomic E-state index is -1.04. The maximum atomic E-state index is 7.12. The number of hydrogen-bond acceptors (Lipinski definition) is 4. The molecule has 0 fully saturated rings. The Morgan fingerprint density at radius 1 is 0.565 bits per heavy atom. The average molecular weight is 655 g/mol. The Kier molecular flexibility index (Phi) is 10.2. The summed E-state index contributed by atoms with van der Waals surface area (Å²) < 4.78 is 19.8. The summed E-state index contributed by atoms with van der Waals surface area (Å²) in [6.07, 6.45) is 15.0. The lowest BCUT2D eigenvalue weighted by molar-refractivity contribution is 0.156. The molecule has 0 radical (unpaired) electrons. The van der Waals surface area contributed by atoms with Crippen molar-refractivity contribution in [2.24, 2.45) is 23.7 Å². The maximum absolute atomic E-state index is 7.12. The molecule has 6 heteroatoms. The Bertz CT molecular complexity index is 1700.